The third-order valence-electron chi connectivity index (χ3n) is 3.54. The molecule has 1 aromatic rings. The molecule has 0 spiro atoms. The summed E-state index contributed by atoms with van der Waals surface area (Å²) in [4.78, 5) is 0. The van der Waals surface area contributed by atoms with Crippen molar-refractivity contribution in [2.24, 2.45) is 0 Å². The molecule has 17 heavy (non-hydrogen) atoms. The van der Waals surface area contributed by atoms with Gasteiger partial charge in [-0.15, -0.1) is 0 Å². The summed E-state index contributed by atoms with van der Waals surface area (Å²) in [6.07, 6.45) is -0.314. The van der Waals surface area contributed by atoms with Crippen LogP contribution >= 0.6 is 0 Å². The van der Waals surface area contributed by atoms with E-state index in [-0.39, 0.29) is 23.1 Å². The van der Waals surface area contributed by atoms with E-state index in [0.717, 1.165) is 12.1 Å². The molecule has 0 heterocycles. The van der Waals surface area contributed by atoms with E-state index in [0.29, 0.717) is 0 Å². The van der Waals surface area contributed by atoms with Crippen LogP contribution in [0.2, 0.25) is 0 Å². The van der Waals surface area contributed by atoms with Crippen molar-refractivity contribution in [3.05, 3.63) is 41.2 Å². The zero-order valence-electron chi connectivity index (χ0n) is 8.54. The molecule has 0 saturated heterocycles. The Bertz CT molecular complexity index is 544. The molecule has 0 aromatic heterocycles. The third-order valence-corrected chi connectivity index (χ3v) is 3.54. The number of hydrogen-bond donors (Lipinski definition) is 0. The molecular weight excluding hydrogens is 239 g/mol. The van der Waals surface area contributed by atoms with E-state index in [1.165, 1.54) is 0 Å². The summed E-state index contributed by atoms with van der Waals surface area (Å²) < 4.78 is 67.8. The lowest BCUT2D eigenvalue weighted by atomic mass is 10.00. The molecule has 0 aliphatic heterocycles. The number of alkyl halides is 4. The van der Waals surface area contributed by atoms with Gasteiger partial charge in [0.15, 0.2) is 0 Å². The normalized spacial score (nSPS) is 27.4. The van der Waals surface area contributed by atoms with Crippen LogP contribution in [0.25, 0.3) is 5.57 Å². The molecule has 3 rings (SSSR count). The highest BCUT2D eigenvalue weighted by Gasteiger charge is 2.70. The summed E-state index contributed by atoms with van der Waals surface area (Å²) in [5.74, 6) is -10.8. The van der Waals surface area contributed by atoms with Gasteiger partial charge in [-0.1, -0.05) is 6.58 Å². The van der Waals surface area contributed by atoms with Crippen molar-refractivity contribution < 1.29 is 22.0 Å². The van der Waals surface area contributed by atoms with Crippen LogP contribution in [-0.2, 0) is 5.92 Å². The van der Waals surface area contributed by atoms with E-state index in [1.807, 2.05) is 0 Å². The Kier molecular flexibility index (Phi) is 1.71. The zero-order chi connectivity index (χ0) is 12.6. The van der Waals surface area contributed by atoms with Gasteiger partial charge in [-0.2, -0.15) is 17.6 Å². The molecule has 2 aliphatic rings. The van der Waals surface area contributed by atoms with Crippen molar-refractivity contribution >= 4 is 5.57 Å². The van der Waals surface area contributed by atoms with Crippen molar-refractivity contribution in [3.63, 3.8) is 0 Å². The minimum Gasteiger partial charge on any atom is -0.206 e. The van der Waals surface area contributed by atoms with Gasteiger partial charge in [-0.3, -0.25) is 0 Å². The Morgan fingerprint density at radius 2 is 1.82 bits per heavy atom. The third kappa shape index (κ3) is 0.983. The average molecular weight is 246 g/mol. The standard InChI is InChI=1S/C12H7F5/c1-5-4-7-10-6(2-3-8(13)9(5)10)11(14,15)12(7,16)17/h2-3,7H,1,4H2. The fourth-order valence-corrected chi connectivity index (χ4v) is 2.75. The number of benzene rings is 1. The number of hydrogen-bond acceptors (Lipinski definition) is 0. The molecule has 0 saturated carbocycles. The Balaban J connectivity index is 2.40. The average Bonchev–Trinajstić information content (AvgIpc) is 2.63. The molecule has 0 bridgehead atoms. The van der Waals surface area contributed by atoms with Crippen LogP contribution in [0.5, 0.6) is 0 Å². The molecule has 1 unspecified atom stereocenters. The van der Waals surface area contributed by atoms with Crippen LogP contribution in [0.4, 0.5) is 22.0 Å². The first kappa shape index (κ1) is 10.7. The molecule has 5 heteroatoms. The summed E-state index contributed by atoms with van der Waals surface area (Å²) >= 11 is 0. The van der Waals surface area contributed by atoms with E-state index < -0.39 is 29.1 Å². The Morgan fingerprint density at radius 1 is 1.18 bits per heavy atom. The van der Waals surface area contributed by atoms with Crippen LogP contribution < -0.4 is 0 Å². The van der Waals surface area contributed by atoms with Gasteiger partial charge in [0.1, 0.15) is 5.82 Å². The van der Waals surface area contributed by atoms with E-state index in [4.69, 9.17) is 0 Å². The number of rotatable bonds is 0. The topological polar surface area (TPSA) is 0 Å². The quantitative estimate of drug-likeness (QED) is 0.605. The van der Waals surface area contributed by atoms with Gasteiger partial charge >= 0.3 is 11.8 Å². The van der Waals surface area contributed by atoms with Gasteiger partial charge < -0.3 is 0 Å². The van der Waals surface area contributed by atoms with E-state index in [2.05, 4.69) is 6.58 Å². The summed E-state index contributed by atoms with van der Waals surface area (Å²) in [5, 5.41) is 0. The molecule has 0 amide bonds. The van der Waals surface area contributed by atoms with Gasteiger partial charge in [0, 0.05) is 11.1 Å². The molecular formula is C12H7F5. The highest BCUT2D eigenvalue weighted by atomic mass is 19.3. The smallest absolute Gasteiger partial charge is 0.206 e. The first-order valence-electron chi connectivity index (χ1n) is 5.05. The maximum atomic E-state index is 13.6. The van der Waals surface area contributed by atoms with Crippen molar-refractivity contribution in [2.75, 3.05) is 0 Å². The van der Waals surface area contributed by atoms with Crippen LogP contribution in [-0.4, -0.2) is 5.92 Å². The second kappa shape index (κ2) is 2.71. The SMILES string of the molecule is C=C1CC2c3c(ccc(F)c31)C(F)(F)C2(F)F. The summed E-state index contributed by atoms with van der Waals surface area (Å²) in [6.45, 7) is 3.48. The minimum absolute atomic E-state index is 0.149. The molecule has 0 fully saturated rings. The predicted octanol–water partition coefficient (Wildman–Crippen LogP) is 4.07. The Labute approximate surface area is 93.7 Å². The van der Waals surface area contributed by atoms with E-state index >= 15 is 0 Å². The van der Waals surface area contributed by atoms with E-state index in [9.17, 15) is 22.0 Å². The van der Waals surface area contributed by atoms with Gasteiger partial charge in [-0.05, 0) is 29.7 Å². The zero-order valence-corrected chi connectivity index (χ0v) is 8.54. The maximum absolute atomic E-state index is 13.6. The van der Waals surface area contributed by atoms with Crippen LogP contribution in [0, 0.1) is 5.82 Å². The lowest BCUT2D eigenvalue weighted by Crippen LogP contribution is -2.36. The largest absolute Gasteiger partial charge is 0.336 e. The molecule has 0 nitrogen and oxygen atoms in total. The Morgan fingerprint density at radius 3 is 2.47 bits per heavy atom. The number of halogens is 5. The predicted molar refractivity (Wildman–Crippen MR) is 51.6 cm³/mol. The molecule has 1 atom stereocenters. The summed E-state index contributed by atoms with van der Waals surface area (Å²) in [6, 6.07) is 1.55. The lowest BCUT2D eigenvalue weighted by Gasteiger charge is -2.23. The second-order valence-corrected chi connectivity index (χ2v) is 4.44. The molecule has 2 aliphatic carbocycles. The summed E-state index contributed by atoms with van der Waals surface area (Å²) in [5.41, 5.74) is -1.00. The molecule has 90 valence electrons. The maximum Gasteiger partial charge on any atom is 0.336 e. The lowest BCUT2D eigenvalue weighted by molar-refractivity contribution is -0.214. The molecule has 0 radical (unpaired) electrons. The summed E-state index contributed by atoms with van der Waals surface area (Å²) in [7, 11) is 0. The highest BCUT2D eigenvalue weighted by Crippen LogP contribution is 2.64. The van der Waals surface area contributed by atoms with E-state index in [1.54, 1.807) is 0 Å². The van der Waals surface area contributed by atoms with Crippen LogP contribution in [0.15, 0.2) is 18.7 Å². The fraction of sp³-hybridized carbons (Fsp3) is 0.333. The van der Waals surface area contributed by atoms with Crippen molar-refractivity contribution in [2.45, 2.75) is 24.2 Å². The minimum atomic E-state index is -4.23. The van der Waals surface area contributed by atoms with Crippen molar-refractivity contribution in [1.29, 1.82) is 0 Å². The van der Waals surface area contributed by atoms with Crippen LogP contribution in [0.1, 0.15) is 29.0 Å². The van der Waals surface area contributed by atoms with Crippen molar-refractivity contribution in [3.8, 4) is 0 Å². The second-order valence-electron chi connectivity index (χ2n) is 4.44. The fourth-order valence-electron chi connectivity index (χ4n) is 2.75. The number of allylic oxidation sites excluding steroid dienone is 1. The van der Waals surface area contributed by atoms with Crippen molar-refractivity contribution in [1.82, 2.24) is 0 Å². The van der Waals surface area contributed by atoms with Gasteiger partial charge in [0.25, 0.3) is 0 Å². The highest BCUT2D eigenvalue weighted by molar-refractivity contribution is 5.76. The van der Waals surface area contributed by atoms with Gasteiger partial charge in [0.2, 0.25) is 0 Å². The first-order valence-corrected chi connectivity index (χ1v) is 5.05. The van der Waals surface area contributed by atoms with Crippen LogP contribution in [0.3, 0.4) is 0 Å². The first-order chi connectivity index (χ1) is 7.78. The molecule has 1 aromatic carbocycles. The van der Waals surface area contributed by atoms with Gasteiger partial charge in [0.05, 0.1) is 5.92 Å². The van der Waals surface area contributed by atoms with Gasteiger partial charge in [-0.25, -0.2) is 4.39 Å². The molecule has 0 N–H and O–H groups in total. The Hall–Kier alpha value is -1.39. The monoisotopic (exact) mass is 246 g/mol.